The van der Waals surface area contributed by atoms with Crippen LogP contribution in [0, 0.1) is 25.2 Å². The Kier molecular flexibility index (Phi) is 4.12. The minimum Gasteiger partial charge on any atom is -0.493 e. The van der Waals surface area contributed by atoms with Gasteiger partial charge in [0.25, 0.3) is 0 Å². The Morgan fingerprint density at radius 2 is 1.89 bits per heavy atom. The number of pyridine rings is 1. The fraction of sp³-hybridized carbons (Fsp3) is 0.273. The van der Waals surface area contributed by atoms with E-state index in [0.717, 1.165) is 40.1 Å². The molecule has 2 aromatic heterocycles. The van der Waals surface area contributed by atoms with Crippen molar-refractivity contribution in [1.82, 2.24) is 9.55 Å². The normalized spacial score (nSPS) is 14.9. The predicted molar refractivity (Wildman–Crippen MR) is 103 cm³/mol. The van der Waals surface area contributed by atoms with Gasteiger partial charge in [-0.3, -0.25) is 4.98 Å². The van der Waals surface area contributed by atoms with Gasteiger partial charge in [0.2, 0.25) is 0 Å². The van der Waals surface area contributed by atoms with Crippen molar-refractivity contribution in [3.8, 4) is 28.8 Å². The molecule has 1 atom stereocenters. The van der Waals surface area contributed by atoms with E-state index in [1.165, 1.54) is 0 Å². The molecule has 4 rings (SSSR count). The molecule has 1 aliphatic heterocycles. The fourth-order valence-electron chi connectivity index (χ4n) is 4.00. The smallest absolute Gasteiger partial charge is 0.161 e. The monoisotopic (exact) mass is 359 g/mol. The number of rotatable bonds is 3. The maximum absolute atomic E-state index is 9.65. The van der Waals surface area contributed by atoms with Gasteiger partial charge in [-0.15, -0.1) is 0 Å². The van der Waals surface area contributed by atoms with E-state index >= 15 is 0 Å². The highest BCUT2D eigenvalue weighted by atomic mass is 16.5. The molecule has 5 heteroatoms. The third-order valence-electron chi connectivity index (χ3n) is 5.22. The third-order valence-corrected chi connectivity index (χ3v) is 5.22. The average Bonchev–Trinajstić information content (AvgIpc) is 3.11. The second kappa shape index (κ2) is 6.48. The number of hydrogen-bond donors (Lipinski definition) is 0. The van der Waals surface area contributed by atoms with Gasteiger partial charge in [0, 0.05) is 18.0 Å². The summed E-state index contributed by atoms with van der Waals surface area (Å²) in [6, 6.07) is 10.4. The Labute approximate surface area is 158 Å². The fourth-order valence-corrected chi connectivity index (χ4v) is 4.00. The molecule has 0 radical (unpaired) electrons. The number of nitrogens with zero attached hydrogens (tertiary/aromatic N) is 3. The molecular formula is C22H21N3O2. The third kappa shape index (κ3) is 2.65. The quantitative estimate of drug-likeness (QED) is 0.703. The first-order valence-electron chi connectivity index (χ1n) is 8.86. The summed E-state index contributed by atoms with van der Waals surface area (Å²) in [5, 5.41) is 9.65. The van der Waals surface area contributed by atoms with Crippen molar-refractivity contribution in [2.75, 3.05) is 14.2 Å². The van der Waals surface area contributed by atoms with Crippen molar-refractivity contribution in [3.05, 3.63) is 64.6 Å². The van der Waals surface area contributed by atoms with Crippen molar-refractivity contribution in [2.45, 2.75) is 26.3 Å². The molecule has 0 bridgehead atoms. The Hall–Kier alpha value is -3.26. The number of aromatic nitrogens is 2. The van der Waals surface area contributed by atoms with Crippen LogP contribution in [0.1, 0.15) is 34.0 Å². The first-order valence-corrected chi connectivity index (χ1v) is 8.86. The van der Waals surface area contributed by atoms with Gasteiger partial charge in [-0.25, -0.2) is 0 Å². The van der Waals surface area contributed by atoms with Crippen molar-refractivity contribution in [3.63, 3.8) is 0 Å². The summed E-state index contributed by atoms with van der Waals surface area (Å²) >= 11 is 0. The molecule has 0 amide bonds. The van der Waals surface area contributed by atoms with E-state index < -0.39 is 0 Å². The summed E-state index contributed by atoms with van der Waals surface area (Å²) in [4.78, 5) is 4.73. The first-order chi connectivity index (χ1) is 13.1. The second-order valence-electron chi connectivity index (χ2n) is 6.90. The largest absolute Gasteiger partial charge is 0.493 e. The zero-order chi connectivity index (χ0) is 19.1. The van der Waals surface area contributed by atoms with Crippen molar-refractivity contribution in [2.24, 2.45) is 0 Å². The standard InChI is InChI=1S/C22H21N3O2/c1-13-7-14(2)21(24-12-13)18-8-16-9-19(26-3)20(27-4)10-17(16)22-15(11-23)5-6-25(18)22/h5-7,9-10,12,18H,8H2,1-4H3. The molecule has 0 saturated carbocycles. The van der Waals surface area contributed by atoms with Gasteiger partial charge in [0.1, 0.15) is 6.07 Å². The van der Waals surface area contributed by atoms with Gasteiger partial charge in [0.05, 0.1) is 37.2 Å². The minimum absolute atomic E-state index is 0.0355. The zero-order valence-corrected chi connectivity index (χ0v) is 15.9. The second-order valence-corrected chi connectivity index (χ2v) is 6.90. The van der Waals surface area contributed by atoms with Crippen LogP contribution in [0.5, 0.6) is 11.5 Å². The molecule has 0 saturated heterocycles. The highest BCUT2D eigenvalue weighted by Gasteiger charge is 2.30. The summed E-state index contributed by atoms with van der Waals surface area (Å²) in [7, 11) is 3.26. The van der Waals surface area contributed by atoms with E-state index in [4.69, 9.17) is 14.5 Å². The van der Waals surface area contributed by atoms with E-state index in [2.05, 4.69) is 23.6 Å². The topological polar surface area (TPSA) is 60.1 Å². The van der Waals surface area contributed by atoms with Crippen molar-refractivity contribution in [1.29, 1.82) is 5.26 Å². The molecule has 0 spiro atoms. The van der Waals surface area contributed by atoms with Gasteiger partial charge in [0.15, 0.2) is 11.5 Å². The molecule has 0 N–H and O–H groups in total. The molecule has 3 aromatic rings. The molecule has 27 heavy (non-hydrogen) atoms. The highest BCUT2D eigenvalue weighted by molar-refractivity contribution is 5.76. The van der Waals surface area contributed by atoms with E-state index in [1.54, 1.807) is 14.2 Å². The van der Waals surface area contributed by atoms with Crippen LogP contribution in [-0.2, 0) is 6.42 Å². The number of methoxy groups -OCH3 is 2. The number of aryl methyl sites for hydroxylation is 2. The van der Waals surface area contributed by atoms with E-state index in [1.807, 2.05) is 37.5 Å². The van der Waals surface area contributed by atoms with Crippen LogP contribution in [0.25, 0.3) is 11.3 Å². The van der Waals surface area contributed by atoms with Gasteiger partial charge in [-0.2, -0.15) is 5.26 Å². The van der Waals surface area contributed by atoms with Gasteiger partial charge in [-0.05, 0) is 55.2 Å². The minimum atomic E-state index is 0.0355. The predicted octanol–water partition coefficient (Wildman–Crippen LogP) is 4.20. The summed E-state index contributed by atoms with van der Waals surface area (Å²) in [5.41, 5.74) is 7.02. The maximum atomic E-state index is 9.65. The molecule has 0 fully saturated rings. The molecular weight excluding hydrogens is 338 g/mol. The lowest BCUT2D eigenvalue weighted by atomic mass is 9.89. The number of benzene rings is 1. The van der Waals surface area contributed by atoms with Crippen LogP contribution < -0.4 is 9.47 Å². The van der Waals surface area contributed by atoms with Crippen molar-refractivity contribution >= 4 is 0 Å². The lowest BCUT2D eigenvalue weighted by molar-refractivity contribution is 0.354. The van der Waals surface area contributed by atoms with Crippen LogP contribution in [0.15, 0.2) is 36.7 Å². The van der Waals surface area contributed by atoms with E-state index in [0.29, 0.717) is 17.1 Å². The average molecular weight is 359 g/mol. The van der Waals surface area contributed by atoms with Crippen LogP contribution in [-0.4, -0.2) is 23.8 Å². The SMILES string of the molecule is COc1cc2c(cc1OC)-c1c(C#N)ccn1C(c1ncc(C)cc1C)C2. The Morgan fingerprint density at radius 1 is 1.15 bits per heavy atom. The summed E-state index contributed by atoms with van der Waals surface area (Å²) < 4.78 is 13.1. The zero-order valence-electron chi connectivity index (χ0n) is 15.9. The molecule has 0 aliphatic carbocycles. The van der Waals surface area contributed by atoms with Crippen LogP contribution in [0.2, 0.25) is 0 Å². The van der Waals surface area contributed by atoms with Crippen molar-refractivity contribution < 1.29 is 9.47 Å². The molecule has 1 aliphatic rings. The lowest BCUT2D eigenvalue weighted by Crippen LogP contribution is -2.21. The number of ether oxygens (including phenoxy) is 2. The molecule has 1 unspecified atom stereocenters. The van der Waals surface area contributed by atoms with E-state index in [-0.39, 0.29) is 6.04 Å². The van der Waals surface area contributed by atoms with Crippen LogP contribution in [0.4, 0.5) is 0 Å². The van der Waals surface area contributed by atoms with Crippen LogP contribution in [0.3, 0.4) is 0 Å². The van der Waals surface area contributed by atoms with Gasteiger partial charge < -0.3 is 14.0 Å². The summed E-state index contributed by atoms with van der Waals surface area (Å²) in [6.45, 7) is 4.14. The highest BCUT2D eigenvalue weighted by Crippen LogP contribution is 2.44. The molecule has 5 nitrogen and oxygen atoms in total. The Morgan fingerprint density at radius 3 is 2.56 bits per heavy atom. The summed E-state index contributed by atoms with van der Waals surface area (Å²) in [6.07, 6.45) is 4.67. The number of fused-ring (bicyclic) bond motifs is 3. The number of nitriles is 1. The van der Waals surface area contributed by atoms with Gasteiger partial charge in [-0.1, -0.05) is 6.07 Å². The van der Waals surface area contributed by atoms with Gasteiger partial charge >= 0.3 is 0 Å². The molecule has 3 heterocycles. The summed E-state index contributed by atoms with van der Waals surface area (Å²) in [5.74, 6) is 1.36. The lowest BCUT2D eigenvalue weighted by Gasteiger charge is -2.30. The molecule has 136 valence electrons. The Balaban J connectivity index is 1.96. The number of hydrogen-bond acceptors (Lipinski definition) is 4. The van der Waals surface area contributed by atoms with E-state index in [9.17, 15) is 5.26 Å². The van der Waals surface area contributed by atoms with Crippen LogP contribution >= 0.6 is 0 Å². The Bertz CT molecular complexity index is 1080. The molecule has 1 aromatic carbocycles. The maximum Gasteiger partial charge on any atom is 0.161 e. The first kappa shape index (κ1) is 17.2.